The number of hydrogen-bond acceptors (Lipinski definition) is 2. The molecule has 0 bridgehead atoms. The zero-order valence-corrected chi connectivity index (χ0v) is 13.3. The molecule has 0 saturated heterocycles. The van der Waals surface area contributed by atoms with Gasteiger partial charge < -0.3 is 4.90 Å². The number of rotatable bonds is 3. The lowest BCUT2D eigenvalue weighted by Crippen LogP contribution is -2.35. The van der Waals surface area contributed by atoms with Gasteiger partial charge in [-0.2, -0.15) is 5.26 Å². The summed E-state index contributed by atoms with van der Waals surface area (Å²) in [5, 5.41) is 8.85. The molecule has 2 aromatic carbocycles. The molecule has 0 unspecified atom stereocenters. The molecule has 3 rings (SSSR count). The summed E-state index contributed by atoms with van der Waals surface area (Å²) in [5.74, 6) is 0.100. The molecule has 1 saturated carbocycles. The van der Waals surface area contributed by atoms with Crippen LogP contribution in [0.4, 0.5) is 0 Å². The molecule has 3 nitrogen and oxygen atoms in total. The van der Waals surface area contributed by atoms with Crippen LogP contribution in [0.2, 0.25) is 0 Å². The van der Waals surface area contributed by atoms with Crippen molar-refractivity contribution in [2.75, 3.05) is 7.05 Å². The number of benzene rings is 2. The Morgan fingerprint density at radius 3 is 2.04 bits per heavy atom. The van der Waals surface area contributed by atoms with Gasteiger partial charge >= 0.3 is 0 Å². The first kappa shape index (κ1) is 15.3. The molecule has 1 aliphatic rings. The van der Waals surface area contributed by atoms with Crippen LogP contribution in [-0.2, 0) is 0 Å². The second-order valence-corrected chi connectivity index (χ2v) is 6.12. The molecule has 0 heterocycles. The Balaban J connectivity index is 1.75. The van der Waals surface area contributed by atoms with Crippen molar-refractivity contribution in [1.82, 2.24) is 4.90 Å². The molecule has 0 atom stereocenters. The Bertz CT molecular complexity index is 720. The van der Waals surface area contributed by atoms with E-state index in [2.05, 4.69) is 6.07 Å². The molecule has 1 amide bonds. The molecule has 3 heteroatoms. The van der Waals surface area contributed by atoms with Crippen LogP contribution in [0.5, 0.6) is 0 Å². The average molecular weight is 304 g/mol. The van der Waals surface area contributed by atoms with E-state index in [1.54, 1.807) is 0 Å². The van der Waals surface area contributed by atoms with E-state index in [-0.39, 0.29) is 5.91 Å². The number of hydrogen-bond donors (Lipinski definition) is 0. The van der Waals surface area contributed by atoms with Crippen molar-refractivity contribution in [1.29, 1.82) is 5.26 Å². The maximum Gasteiger partial charge on any atom is 0.253 e. The minimum atomic E-state index is 0.100. The molecule has 1 aliphatic carbocycles. The van der Waals surface area contributed by atoms with Crippen molar-refractivity contribution in [3.05, 3.63) is 59.7 Å². The average Bonchev–Trinajstić information content (AvgIpc) is 3.15. The van der Waals surface area contributed by atoms with E-state index < -0.39 is 0 Å². The lowest BCUT2D eigenvalue weighted by Gasteiger charge is -2.24. The monoisotopic (exact) mass is 304 g/mol. The van der Waals surface area contributed by atoms with Crippen LogP contribution in [0.25, 0.3) is 11.1 Å². The molecule has 2 aromatic rings. The summed E-state index contributed by atoms with van der Waals surface area (Å²) in [4.78, 5) is 14.4. The maximum absolute atomic E-state index is 12.6. The number of amides is 1. The van der Waals surface area contributed by atoms with E-state index in [9.17, 15) is 4.79 Å². The number of nitrogens with zero attached hydrogens (tertiary/aromatic N) is 2. The Kier molecular flexibility index (Phi) is 4.43. The van der Waals surface area contributed by atoms with Gasteiger partial charge in [0.2, 0.25) is 0 Å². The van der Waals surface area contributed by atoms with Gasteiger partial charge in [-0.15, -0.1) is 0 Å². The third-order valence-electron chi connectivity index (χ3n) is 4.67. The van der Waals surface area contributed by atoms with E-state index in [4.69, 9.17) is 5.26 Å². The Labute approximate surface area is 137 Å². The van der Waals surface area contributed by atoms with Gasteiger partial charge in [-0.3, -0.25) is 4.79 Å². The normalized spacial score (nSPS) is 14.4. The lowest BCUT2D eigenvalue weighted by molar-refractivity contribution is 0.0735. The van der Waals surface area contributed by atoms with Gasteiger partial charge in [-0.25, -0.2) is 0 Å². The maximum atomic E-state index is 12.6. The predicted octanol–water partition coefficient (Wildman–Crippen LogP) is 4.24. The van der Waals surface area contributed by atoms with Crippen molar-refractivity contribution in [3.63, 3.8) is 0 Å². The van der Waals surface area contributed by atoms with E-state index in [1.807, 2.05) is 60.5 Å². The largest absolute Gasteiger partial charge is 0.339 e. The predicted molar refractivity (Wildman–Crippen MR) is 90.9 cm³/mol. The lowest BCUT2D eigenvalue weighted by atomic mass is 10.0. The molecular formula is C20H20N2O. The first-order chi connectivity index (χ1) is 11.2. The summed E-state index contributed by atoms with van der Waals surface area (Å²) in [6.07, 6.45) is 4.68. The summed E-state index contributed by atoms with van der Waals surface area (Å²) < 4.78 is 0. The topological polar surface area (TPSA) is 44.1 Å². The minimum absolute atomic E-state index is 0.100. The van der Waals surface area contributed by atoms with Crippen LogP contribution in [0.3, 0.4) is 0 Å². The number of carbonyl (C=O) groups excluding carboxylic acids is 1. The summed E-state index contributed by atoms with van der Waals surface area (Å²) >= 11 is 0. The fourth-order valence-electron chi connectivity index (χ4n) is 3.20. The zero-order chi connectivity index (χ0) is 16.2. The summed E-state index contributed by atoms with van der Waals surface area (Å²) in [5.41, 5.74) is 3.48. The van der Waals surface area contributed by atoms with Gasteiger partial charge in [-0.1, -0.05) is 37.1 Å². The summed E-state index contributed by atoms with van der Waals surface area (Å²) in [7, 11) is 1.91. The highest BCUT2D eigenvalue weighted by Crippen LogP contribution is 2.25. The van der Waals surface area contributed by atoms with Crippen LogP contribution in [0.15, 0.2) is 48.5 Å². The second-order valence-electron chi connectivity index (χ2n) is 6.12. The molecular weight excluding hydrogens is 284 g/mol. The van der Waals surface area contributed by atoms with Gasteiger partial charge in [0.05, 0.1) is 11.6 Å². The van der Waals surface area contributed by atoms with Crippen LogP contribution < -0.4 is 0 Å². The smallest absolute Gasteiger partial charge is 0.253 e. The first-order valence-corrected chi connectivity index (χ1v) is 8.07. The second kappa shape index (κ2) is 6.66. The summed E-state index contributed by atoms with van der Waals surface area (Å²) in [6.45, 7) is 0. The minimum Gasteiger partial charge on any atom is -0.339 e. The molecule has 116 valence electrons. The van der Waals surface area contributed by atoms with Gasteiger partial charge in [0, 0.05) is 18.7 Å². The highest BCUT2D eigenvalue weighted by molar-refractivity contribution is 5.94. The number of nitriles is 1. The third-order valence-corrected chi connectivity index (χ3v) is 4.67. The van der Waals surface area contributed by atoms with Gasteiger partial charge in [-0.05, 0) is 48.2 Å². The Morgan fingerprint density at radius 2 is 1.52 bits per heavy atom. The molecule has 0 N–H and O–H groups in total. The number of carbonyl (C=O) groups is 1. The highest BCUT2D eigenvalue weighted by Gasteiger charge is 2.24. The molecule has 0 aliphatic heterocycles. The standard InChI is InChI=1S/C20H20N2O/c1-22(19-4-2-3-5-19)20(23)18-12-10-17(11-13-18)16-8-6-15(14-21)7-9-16/h6-13,19H,2-5H2,1H3. The Hall–Kier alpha value is -2.60. The van der Waals surface area contributed by atoms with Crippen LogP contribution >= 0.6 is 0 Å². The van der Waals surface area contributed by atoms with Crippen LogP contribution in [0, 0.1) is 11.3 Å². The van der Waals surface area contributed by atoms with Gasteiger partial charge in [0.25, 0.3) is 5.91 Å². The third kappa shape index (κ3) is 3.27. The fourth-order valence-corrected chi connectivity index (χ4v) is 3.20. The molecule has 0 radical (unpaired) electrons. The van der Waals surface area contributed by atoms with E-state index in [1.165, 1.54) is 12.8 Å². The molecule has 1 fully saturated rings. The van der Waals surface area contributed by atoms with E-state index in [0.29, 0.717) is 11.6 Å². The highest BCUT2D eigenvalue weighted by atomic mass is 16.2. The van der Waals surface area contributed by atoms with Crippen LogP contribution in [-0.4, -0.2) is 23.9 Å². The van der Waals surface area contributed by atoms with Crippen molar-refractivity contribution < 1.29 is 4.79 Å². The molecule has 0 spiro atoms. The van der Waals surface area contributed by atoms with Gasteiger partial charge in [0.1, 0.15) is 0 Å². The Morgan fingerprint density at radius 1 is 1.00 bits per heavy atom. The van der Waals surface area contributed by atoms with Gasteiger partial charge in [0.15, 0.2) is 0 Å². The van der Waals surface area contributed by atoms with E-state index >= 15 is 0 Å². The first-order valence-electron chi connectivity index (χ1n) is 8.07. The fraction of sp³-hybridized carbons (Fsp3) is 0.300. The zero-order valence-electron chi connectivity index (χ0n) is 13.3. The van der Waals surface area contributed by atoms with Crippen LogP contribution in [0.1, 0.15) is 41.6 Å². The van der Waals surface area contributed by atoms with E-state index in [0.717, 1.165) is 29.5 Å². The van der Waals surface area contributed by atoms with Crippen molar-refractivity contribution in [2.45, 2.75) is 31.7 Å². The molecule has 0 aromatic heterocycles. The van der Waals surface area contributed by atoms with Crippen molar-refractivity contribution >= 4 is 5.91 Å². The SMILES string of the molecule is CN(C(=O)c1ccc(-c2ccc(C#N)cc2)cc1)C1CCCC1. The summed E-state index contributed by atoms with van der Waals surface area (Å²) in [6, 6.07) is 17.7. The van der Waals surface area contributed by atoms with Crippen molar-refractivity contribution in [2.24, 2.45) is 0 Å². The quantitative estimate of drug-likeness (QED) is 0.851. The van der Waals surface area contributed by atoms with Crippen molar-refractivity contribution in [3.8, 4) is 17.2 Å². The molecule has 23 heavy (non-hydrogen) atoms.